The Hall–Kier alpha value is -1.09. The topological polar surface area (TPSA) is 283 Å². The number of nitrogens with two attached hydrogens (primary N) is 4. The number of hydrogen-bond acceptors (Lipinski definition) is 15. The van der Waals surface area contributed by atoms with Crippen LogP contribution in [0.15, 0.2) is 0 Å². The molecule has 2 aliphatic heterocycles. The van der Waals surface area contributed by atoms with Gasteiger partial charge in [-0.3, -0.25) is 4.79 Å². The van der Waals surface area contributed by atoms with Gasteiger partial charge in [0.05, 0.1) is 43.5 Å². The van der Waals surface area contributed by atoms with Crippen molar-refractivity contribution in [2.45, 2.75) is 111 Å². The normalized spacial score (nSPS) is 44.9. The van der Waals surface area contributed by atoms with Crippen LogP contribution in [-0.2, 0) is 23.7 Å². The van der Waals surface area contributed by atoms with E-state index in [1.165, 1.54) is 6.92 Å². The summed E-state index contributed by atoms with van der Waals surface area (Å²) < 4.78 is 23.5. The van der Waals surface area contributed by atoms with E-state index in [-0.39, 0.29) is 25.7 Å². The first-order valence-electron chi connectivity index (χ1n) is 13.2. The molecule has 0 aromatic rings. The van der Waals surface area contributed by atoms with E-state index in [1.54, 1.807) is 7.05 Å². The second kappa shape index (κ2) is 13.7. The van der Waals surface area contributed by atoms with Gasteiger partial charge in [-0.05, 0) is 33.2 Å². The molecule has 0 unspecified atom stereocenters. The van der Waals surface area contributed by atoms with E-state index in [2.05, 4.69) is 10.6 Å². The van der Waals surface area contributed by atoms with Crippen LogP contribution in [0.2, 0.25) is 0 Å². The highest BCUT2D eigenvalue weighted by Gasteiger charge is 2.52. The van der Waals surface area contributed by atoms with Gasteiger partial charge in [-0.15, -0.1) is 0 Å². The third-order valence-electron chi connectivity index (χ3n) is 7.72. The first kappa shape index (κ1) is 32.4. The van der Waals surface area contributed by atoms with Crippen LogP contribution >= 0.6 is 0 Å². The molecule has 16 heteroatoms. The maximum absolute atomic E-state index is 12.7. The zero-order valence-electron chi connectivity index (χ0n) is 22.3. The maximum atomic E-state index is 12.7. The van der Waals surface area contributed by atoms with Crippen molar-refractivity contribution >= 4 is 5.91 Å². The van der Waals surface area contributed by atoms with Gasteiger partial charge in [-0.1, -0.05) is 0 Å². The van der Waals surface area contributed by atoms with Gasteiger partial charge in [0.15, 0.2) is 12.6 Å². The standard InChI is InChI=1S/C23H46N6O10/c1-23(35)8-36-22(16(33)19(23)28-2)39-18-13(29-20(34)14(31)12(27)7-30)5-11(26)17(15(18)32)38-21-10(25)4-3-9(6-24)37-21/h9-19,21-22,28,30-33,35H,3-8,24-27H2,1-2H3,(H,29,34)/t9-,10+,11-,12+,13+,14-,15+,16+,17+,18-,19+,21+,22+,23-/m0/s1. The lowest BCUT2D eigenvalue weighted by molar-refractivity contribution is -0.307. The summed E-state index contributed by atoms with van der Waals surface area (Å²) in [4.78, 5) is 12.7. The van der Waals surface area contributed by atoms with Crippen LogP contribution in [0, 0.1) is 0 Å². The minimum absolute atomic E-state index is 0.0114. The fourth-order valence-corrected chi connectivity index (χ4v) is 5.35. The van der Waals surface area contributed by atoms with Crippen molar-refractivity contribution in [1.82, 2.24) is 10.6 Å². The molecule has 0 radical (unpaired) electrons. The van der Waals surface area contributed by atoms with Gasteiger partial charge in [0.1, 0.15) is 36.1 Å². The largest absolute Gasteiger partial charge is 0.395 e. The van der Waals surface area contributed by atoms with Crippen LogP contribution in [-0.4, -0.2) is 143 Å². The van der Waals surface area contributed by atoms with E-state index in [0.29, 0.717) is 12.8 Å². The number of ether oxygens (including phenoxy) is 4. The Bertz CT molecular complexity index is 798. The summed E-state index contributed by atoms with van der Waals surface area (Å²) in [5.74, 6) is -0.918. The number of carbonyl (C=O) groups excluding carboxylic acids is 1. The van der Waals surface area contributed by atoms with Crippen LogP contribution in [0.5, 0.6) is 0 Å². The van der Waals surface area contributed by atoms with Crippen molar-refractivity contribution in [3.63, 3.8) is 0 Å². The van der Waals surface area contributed by atoms with E-state index in [4.69, 9.17) is 41.9 Å². The van der Waals surface area contributed by atoms with E-state index in [9.17, 15) is 30.3 Å². The molecule has 0 aromatic heterocycles. The molecule has 15 N–H and O–H groups in total. The Morgan fingerprint density at radius 1 is 1.13 bits per heavy atom. The Balaban J connectivity index is 1.83. The Morgan fingerprint density at radius 2 is 1.79 bits per heavy atom. The van der Waals surface area contributed by atoms with Gasteiger partial charge in [-0.2, -0.15) is 0 Å². The summed E-state index contributed by atoms with van der Waals surface area (Å²) in [7, 11) is 1.56. The number of amides is 1. The fourth-order valence-electron chi connectivity index (χ4n) is 5.35. The van der Waals surface area contributed by atoms with Crippen LogP contribution in [0.25, 0.3) is 0 Å². The van der Waals surface area contributed by atoms with Crippen molar-refractivity contribution < 1.29 is 49.3 Å². The molecular formula is C23H46N6O10. The molecule has 14 atom stereocenters. The van der Waals surface area contributed by atoms with Gasteiger partial charge in [-0.25, -0.2) is 0 Å². The van der Waals surface area contributed by atoms with Crippen molar-refractivity contribution in [3.05, 3.63) is 0 Å². The van der Waals surface area contributed by atoms with E-state index in [1.807, 2.05) is 0 Å². The Kier molecular flexibility index (Phi) is 11.4. The molecule has 16 nitrogen and oxygen atoms in total. The lowest BCUT2D eigenvalue weighted by atomic mass is 9.83. The molecule has 228 valence electrons. The summed E-state index contributed by atoms with van der Waals surface area (Å²) in [6, 6.07) is -4.42. The minimum Gasteiger partial charge on any atom is -0.395 e. The summed E-state index contributed by atoms with van der Waals surface area (Å²) in [6.45, 7) is 0.908. The zero-order valence-corrected chi connectivity index (χ0v) is 22.3. The monoisotopic (exact) mass is 566 g/mol. The number of rotatable bonds is 10. The van der Waals surface area contributed by atoms with Crippen LogP contribution in [0.3, 0.4) is 0 Å². The number of likely N-dealkylation sites (N-methyl/N-ethyl adjacent to an activating group) is 1. The molecular weight excluding hydrogens is 520 g/mol. The molecule has 3 fully saturated rings. The average molecular weight is 567 g/mol. The predicted octanol–water partition coefficient (Wildman–Crippen LogP) is -6.14. The summed E-state index contributed by atoms with van der Waals surface area (Å²) in [6.07, 6.45) is -8.19. The molecule has 39 heavy (non-hydrogen) atoms. The van der Waals surface area contributed by atoms with Crippen LogP contribution < -0.4 is 33.6 Å². The summed E-state index contributed by atoms with van der Waals surface area (Å²) in [5, 5.41) is 57.7. The second-order valence-electron chi connectivity index (χ2n) is 10.9. The number of nitrogens with one attached hydrogen (secondary N) is 2. The third kappa shape index (κ3) is 7.41. The summed E-state index contributed by atoms with van der Waals surface area (Å²) >= 11 is 0. The predicted molar refractivity (Wildman–Crippen MR) is 135 cm³/mol. The summed E-state index contributed by atoms with van der Waals surface area (Å²) in [5.41, 5.74) is 22.5. The number of aliphatic hydroxyl groups is 5. The quantitative estimate of drug-likeness (QED) is 0.117. The van der Waals surface area contributed by atoms with Gasteiger partial charge in [0.2, 0.25) is 0 Å². The fraction of sp³-hybridized carbons (Fsp3) is 0.957. The molecule has 3 aliphatic rings. The lowest BCUT2D eigenvalue weighted by Crippen LogP contribution is -2.70. The average Bonchev–Trinajstić information content (AvgIpc) is 2.89. The molecule has 1 aliphatic carbocycles. The Labute approximate surface area is 227 Å². The highest BCUT2D eigenvalue weighted by atomic mass is 16.7. The van der Waals surface area contributed by atoms with Gasteiger partial charge in [0.25, 0.3) is 5.91 Å². The molecule has 2 saturated heterocycles. The van der Waals surface area contributed by atoms with Crippen LogP contribution in [0.4, 0.5) is 0 Å². The smallest absolute Gasteiger partial charge is 0.250 e. The minimum atomic E-state index is -1.75. The first-order chi connectivity index (χ1) is 18.3. The Morgan fingerprint density at radius 3 is 2.41 bits per heavy atom. The molecule has 0 bridgehead atoms. The van der Waals surface area contributed by atoms with Gasteiger partial charge in [0, 0.05) is 12.6 Å². The van der Waals surface area contributed by atoms with Crippen molar-refractivity contribution in [3.8, 4) is 0 Å². The highest BCUT2D eigenvalue weighted by molar-refractivity contribution is 5.81. The first-order valence-corrected chi connectivity index (χ1v) is 13.2. The maximum Gasteiger partial charge on any atom is 0.250 e. The zero-order chi connectivity index (χ0) is 29.1. The molecule has 3 rings (SSSR count). The van der Waals surface area contributed by atoms with E-state index in [0.717, 1.165) is 0 Å². The SMILES string of the molecule is CN[C@@H]1[C@@H](O)[C@@H](O[C@@H]2[C@H](O)[C@H](O[C@H]3O[C@H](CN)CC[C@H]3N)[C@@H](N)C[C@H]2NC(=O)[C@@H](O)[C@H](N)CO)OC[C@]1(C)O. The van der Waals surface area contributed by atoms with E-state index < -0.39 is 91.4 Å². The second-order valence-corrected chi connectivity index (χ2v) is 10.9. The lowest BCUT2D eigenvalue weighted by Gasteiger charge is -2.49. The van der Waals surface area contributed by atoms with E-state index >= 15 is 0 Å². The van der Waals surface area contributed by atoms with Crippen molar-refractivity contribution in [2.24, 2.45) is 22.9 Å². The molecule has 1 amide bonds. The number of hydrogen-bond donors (Lipinski definition) is 11. The van der Waals surface area contributed by atoms with Gasteiger partial charge < -0.3 is 78.0 Å². The molecule has 0 spiro atoms. The van der Waals surface area contributed by atoms with Crippen molar-refractivity contribution in [1.29, 1.82) is 0 Å². The third-order valence-corrected chi connectivity index (χ3v) is 7.72. The highest BCUT2D eigenvalue weighted by Crippen LogP contribution is 2.32. The number of aliphatic hydroxyl groups excluding tert-OH is 4. The molecule has 0 aromatic carbocycles. The van der Waals surface area contributed by atoms with Gasteiger partial charge >= 0.3 is 0 Å². The van der Waals surface area contributed by atoms with Crippen molar-refractivity contribution in [2.75, 3.05) is 26.8 Å². The van der Waals surface area contributed by atoms with Crippen LogP contribution in [0.1, 0.15) is 26.2 Å². The molecule has 2 heterocycles. The molecule has 1 saturated carbocycles. The number of carbonyl (C=O) groups is 1.